The third-order valence-electron chi connectivity index (χ3n) is 7.39. The quantitative estimate of drug-likeness (QED) is 0.701. The third-order valence-corrected chi connectivity index (χ3v) is 7.39. The van der Waals surface area contributed by atoms with E-state index in [-0.39, 0.29) is 17.6 Å². The molecule has 1 saturated heterocycles. The van der Waals surface area contributed by atoms with Crippen LogP contribution in [0.2, 0.25) is 0 Å². The summed E-state index contributed by atoms with van der Waals surface area (Å²) in [4.78, 5) is 28.0. The summed E-state index contributed by atoms with van der Waals surface area (Å²) in [5.41, 5.74) is 7.64. The highest BCUT2D eigenvalue weighted by Gasteiger charge is 2.42. The Morgan fingerprint density at radius 1 is 1.09 bits per heavy atom. The van der Waals surface area contributed by atoms with E-state index in [1.165, 1.54) is 17.7 Å². The van der Waals surface area contributed by atoms with Crippen molar-refractivity contribution in [3.8, 4) is 5.75 Å². The van der Waals surface area contributed by atoms with Crippen LogP contribution >= 0.6 is 0 Å². The summed E-state index contributed by atoms with van der Waals surface area (Å²) in [6.45, 7) is 1.89. The number of piperidine rings is 1. The Kier molecular flexibility index (Phi) is 8.39. The van der Waals surface area contributed by atoms with E-state index >= 15 is 0 Å². The van der Waals surface area contributed by atoms with Gasteiger partial charge in [0.1, 0.15) is 18.2 Å². The van der Waals surface area contributed by atoms with Gasteiger partial charge in [0.2, 0.25) is 11.8 Å². The molecule has 0 radical (unpaired) electrons. The van der Waals surface area contributed by atoms with Gasteiger partial charge >= 0.3 is 0 Å². The van der Waals surface area contributed by atoms with E-state index in [4.69, 9.17) is 10.5 Å². The molecule has 0 aromatic heterocycles. The normalized spacial score (nSPS) is 19.8. The molecule has 1 spiro atoms. The molecule has 2 heterocycles. The standard InChI is InChI=1S/C28H36FN3O3/c29-23-10-6-7-21(19-23)20-24(30)26(33)32-16-13-28(14-17-32)12-5-1-2-8-22-9-3-4-11-25(22)35-18-15-31-27(28)34/h3-4,6-7,9-11,19,24H,1-2,5,8,12-18,20,30H2,(H,31,34)/t24-/m0/s1. The third kappa shape index (κ3) is 6.40. The summed E-state index contributed by atoms with van der Waals surface area (Å²) in [6, 6.07) is 13.6. The number of carbonyl (C=O) groups excluding carboxylic acids is 2. The minimum Gasteiger partial charge on any atom is -0.491 e. The van der Waals surface area contributed by atoms with Gasteiger partial charge in [-0.2, -0.15) is 0 Å². The first-order valence-electron chi connectivity index (χ1n) is 12.7. The summed E-state index contributed by atoms with van der Waals surface area (Å²) in [5.74, 6) is 0.489. The Labute approximate surface area is 207 Å². The number of fused-ring (bicyclic) bond motifs is 1. The van der Waals surface area contributed by atoms with Gasteiger partial charge in [-0.1, -0.05) is 43.2 Å². The number of amides is 2. The van der Waals surface area contributed by atoms with Gasteiger partial charge < -0.3 is 20.7 Å². The molecule has 2 aromatic carbocycles. The molecule has 7 heteroatoms. The van der Waals surface area contributed by atoms with E-state index in [9.17, 15) is 14.0 Å². The van der Waals surface area contributed by atoms with Gasteiger partial charge in [-0.3, -0.25) is 9.59 Å². The van der Waals surface area contributed by atoms with E-state index in [0.29, 0.717) is 51.1 Å². The van der Waals surface area contributed by atoms with Crippen LogP contribution in [0.1, 0.15) is 49.7 Å². The molecule has 35 heavy (non-hydrogen) atoms. The first kappa shape index (κ1) is 25.2. The average Bonchev–Trinajstić information content (AvgIpc) is 2.87. The maximum Gasteiger partial charge on any atom is 0.239 e. The predicted octanol–water partition coefficient (Wildman–Crippen LogP) is 3.62. The van der Waals surface area contributed by atoms with E-state index < -0.39 is 11.5 Å². The first-order valence-corrected chi connectivity index (χ1v) is 12.7. The van der Waals surface area contributed by atoms with E-state index in [2.05, 4.69) is 11.4 Å². The fourth-order valence-electron chi connectivity index (χ4n) is 5.31. The van der Waals surface area contributed by atoms with Crippen molar-refractivity contribution in [3.05, 3.63) is 65.5 Å². The smallest absolute Gasteiger partial charge is 0.239 e. The van der Waals surface area contributed by atoms with E-state index in [0.717, 1.165) is 37.9 Å². The lowest BCUT2D eigenvalue weighted by Crippen LogP contribution is -2.53. The van der Waals surface area contributed by atoms with Gasteiger partial charge in [0.25, 0.3) is 0 Å². The Hall–Kier alpha value is -2.93. The molecule has 188 valence electrons. The number of ether oxygens (including phenoxy) is 1. The molecule has 2 aromatic rings. The molecule has 3 N–H and O–H groups in total. The van der Waals surface area contributed by atoms with Crippen LogP contribution in [0.5, 0.6) is 5.75 Å². The zero-order valence-corrected chi connectivity index (χ0v) is 20.3. The Morgan fingerprint density at radius 2 is 1.89 bits per heavy atom. The summed E-state index contributed by atoms with van der Waals surface area (Å²) in [6.07, 6.45) is 6.40. The lowest BCUT2D eigenvalue weighted by molar-refractivity contribution is -0.141. The maximum absolute atomic E-state index is 13.5. The van der Waals surface area contributed by atoms with Crippen LogP contribution in [-0.4, -0.2) is 49.0 Å². The molecular formula is C28H36FN3O3. The summed E-state index contributed by atoms with van der Waals surface area (Å²) < 4.78 is 19.4. The number of halogens is 1. The van der Waals surface area contributed by atoms with Crippen LogP contribution < -0.4 is 15.8 Å². The highest BCUT2D eigenvalue weighted by atomic mass is 19.1. The molecule has 0 saturated carbocycles. The number of aryl methyl sites for hydroxylation is 1. The predicted molar refractivity (Wildman–Crippen MR) is 133 cm³/mol. The van der Waals surface area contributed by atoms with Crippen molar-refractivity contribution in [2.24, 2.45) is 11.1 Å². The Bertz CT molecular complexity index is 1020. The minimum atomic E-state index is -0.724. The monoisotopic (exact) mass is 481 g/mol. The second kappa shape index (κ2) is 11.7. The molecule has 0 aliphatic carbocycles. The summed E-state index contributed by atoms with van der Waals surface area (Å²) >= 11 is 0. The van der Waals surface area contributed by atoms with Crippen LogP contribution in [-0.2, 0) is 22.4 Å². The van der Waals surface area contributed by atoms with Crippen molar-refractivity contribution in [1.29, 1.82) is 0 Å². The van der Waals surface area contributed by atoms with Gasteiger partial charge in [0, 0.05) is 13.1 Å². The fraction of sp³-hybridized carbons (Fsp3) is 0.500. The molecule has 0 unspecified atom stereocenters. The molecule has 2 amide bonds. The number of para-hydroxylation sites is 1. The number of likely N-dealkylation sites (tertiary alicyclic amines) is 1. The topological polar surface area (TPSA) is 84.7 Å². The maximum atomic E-state index is 13.5. The minimum absolute atomic E-state index is 0.0600. The molecule has 6 nitrogen and oxygen atoms in total. The van der Waals surface area contributed by atoms with Crippen molar-refractivity contribution in [3.63, 3.8) is 0 Å². The van der Waals surface area contributed by atoms with Gasteiger partial charge in [0.15, 0.2) is 0 Å². The van der Waals surface area contributed by atoms with Gasteiger partial charge in [-0.05, 0) is 67.9 Å². The SMILES string of the molecule is N[C@@H](Cc1cccc(F)c1)C(=O)N1CCC2(CCCCCc3ccccc3OCCNC2=O)CC1. The summed E-state index contributed by atoms with van der Waals surface area (Å²) in [5, 5.41) is 3.09. The molecule has 1 fully saturated rings. The molecule has 1 atom stereocenters. The molecule has 4 rings (SSSR count). The van der Waals surface area contributed by atoms with Crippen molar-refractivity contribution < 1.29 is 18.7 Å². The number of nitrogens with zero attached hydrogens (tertiary/aromatic N) is 1. The molecule has 2 aliphatic rings. The van der Waals surface area contributed by atoms with E-state index in [1.54, 1.807) is 17.0 Å². The van der Waals surface area contributed by atoms with E-state index in [1.807, 2.05) is 18.2 Å². The first-order chi connectivity index (χ1) is 17.0. The van der Waals surface area contributed by atoms with Crippen molar-refractivity contribution in [2.45, 2.75) is 57.4 Å². The number of hydrogen-bond donors (Lipinski definition) is 2. The number of hydrogen-bond acceptors (Lipinski definition) is 4. The second-order valence-electron chi connectivity index (χ2n) is 9.82. The number of nitrogens with two attached hydrogens (primary N) is 1. The number of rotatable bonds is 3. The molecule has 2 aliphatic heterocycles. The van der Waals surface area contributed by atoms with Crippen molar-refractivity contribution >= 4 is 11.8 Å². The average molecular weight is 482 g/mol. The van der Waals surface area contributed by atoms with Crippen LogP contribution in [0.3, 0.4) is 0 Å². The van der Waals surface area contributed by atoms with Crippen molar-refractivity contribution in [1.82, 2.24) is 10.2 Å². The number of benzene rings is 2. The largest absolute Gasteiger partial charge is 0.491 e. The molecule has 0 bridgehead atoms. The summed E-state index contributed by atoms with van der Waals surface area (Å²) in [7, 11) is 0. The highest BCUT2D eigenvalue weighted by molar-refractivity contribution is 5.84. The molecular weight excluding hydrogens is 445 g/mol. The zero-order chi connectivity index (χ0) is 24.7. The van der Waals surface area contributed by atoms with Gasteiger partial charge in [-0.25, -0.2) is 4.39 Å². The van der Waals surface area contributed by atoms with Gasteiger partial charge in [-0.15, -0.1) is 0 Å². The van der Waals surface area contributed by atoms with Crippen LogP contribution in [0.15, 0.2) is 48.5 Å². The number of carbonyl (C=O) groups is 2. The Morgan fingerprint density at radius 3 is 2.69 bits per heavy atom. The lowest BCUT2D eigenvalue weighted by atomic mass is 9.73. The Balaban J connectivity index is 1.35. The van der Waals surface area contributed by atoms with Crippen molar-refractivity contribution in [2.75, 3.05) is 26.2 Å². The van der Waals surface area contributed by atoms with Gasteiger partial charge in [0.05, 0.1) is 18.0 Å². The fourth-order valence-corrected chi connectivity index (χ4v) is 5.31. The highest BCUT2D eigenvalue weighted by Crippen LogP contribution is 2.38. The van der Waals surface area contributed by atoms with Crippen LogP contribution in [0.25, 0.3) is 0 Å². The van der Waals surface area contributed by atoms with Crippen LogP contribution in [0, 0.1) is 11.2 Å². The van der Waals surface area contributed by atoms with Crippen LogP contribution in [0.4, 0.5) is 4.39 Å². The second-order valence-corrected chi connectivity index (χ2v) is 9.82. The zero-order valence-electron chi connectivity index (χ0n) is 20.3. The lowest BCUT2D eigenvalue weighted by Gasteiger charge is -2.41. The number of nitrogens with one attached hydrogen (secondary N) is 1.